The van der Waals surface area contributed by atoms with Crippen LogP contribution < -0.4 is 5.73 Å². The van der Waals surface area contributed by atoms with Crippen molar-refractivity contribution in [1.82, 2.24) is 20.2 Å². The maximum Gasteiger partial charge on any atom is 0.240 e. The number of nitrogens with two attached hydrogens (primary N) is 1. The molecule has 0 aromatic carbocycles. The summed E-state index contributed by atoms with van der Waals surface area (Å²) in [7, 11) is 1.61. The van der Waals surface area contributed by atoms with Crippen molar-refractivity contribution in [2.45, 2.75) is 19.4 Å². The summed E-state index contributed by atoms with van der Waals surface area (Å²) in [6, 6.07) is -0.165. The van der Waals surface area contributed by atoms with E-state index in [1.165, 1.54) is 4.80 Å². The van der Waals surface area contributed by atoms with Crippen LogP contribution in [0.2, 0.25) is 0 Å². The summed E-state index contributed by atoms with van der Waals surface area (Å²) in [6.07, 6.45) is 0.256. The Morgan fingerprint density at radius 1 is 1.75 bits per heavy atom. The van der Waals surface area contributed by atoms with Crippen molar-refractivity contribution in [3.63, 3.8) is 0 Å². The highest BCUT2D eigenvalue weighted by molar-refractivity contribution is 5.92. The molecule has 2 N–H and O–H groups in total. The summed E-state index contributed by atoms with van der Waals surface area (Å²) >= 11 is 0. The maximum absolute atomic E-state index is 11.2. The van der Waals surface area contributed by atoms with Crippen LogP contribution in [0.1, 0.15) is 24.0 Å². The Labute approximate surface area is 69.7 Å². The zero-order valence-electron chi connectivity index (χ0n) is 7.06. The molecule has 0 saturated carbocycles. The molecule has 0 saturated heterocycles. The molecule has 1 heterocycles. The Morgan fingerprint density at radius 3 is 2.83 bits per heavy atom. The Bertz CT molecular complexity index is 279. The standard InChI is InChI=1S/C6H11N5O/c1-4(7)3-5(12)6-8-10-11(2)9-6/h4H,3,7H2,1-2H3. The molecule has 6 nitrogen and oxygen atoms in total. The lowest BCUT2D eigenvalue weighted by Gasteiger charge is -1.98. The van der Waals surface area contributed by atoms with Gasteiger partial charge in [-0.25, -0.2) is 0 Å². The number of carbonyl (C=O) groups excluding carboxylic acids is 1. The van der Waals surface area contributed by atoms with Gasteiger partial charge < -0.3 is 5.73 Å². The minimum absolute atomic E-state index is 0.134. The van der Waals surface area contributed by atoms with Gasteiger partial charge >= 0.3 is 0 Å². The van der Waals surface area contributed by atoms with E-state index in [0.29, 0.717) is 0 Å². The minimum Gasteiger partial charge on any atom is -0.328 e. The van der Waals surface area contributed by atoms with Crippen LogP contribution in [0.3, 0.4) is 0 Å². The van der Waals surface area contributed by atoms with Gasteiger partial charge in [0.05, 0.1) is 7.05 Å². The fourth-order valence-corrected chi connectivity index (χ4v) is 0.779. The smallest absolute Gasteiger partial charge is 0.240 e. The fourth-order valence-electron chi connectivity index (χ4n) is 0.779. The highest BCUT2D eigenvalue weighted by atomic mass is 16.1. The van der Waals surface area contributed by atoms with E-state index >= 15 is 0 Å². The largest absolute Gasteiger partial charge is 0.328 e. The lowest BCUT2D eigenvalue weighted by molar-refractivity contribution is 0.0966. The molecular formula is C6H11N5O. The number of carbonyl (C=O) groups is 1. The molecule has 1 aromatic heterocycles. The van der Waals surface area contributed by atoms with Gasteiger partial charge in [0.1, 0.15) is 0 Å². The van der Waals surface area contributed by atoms with Crippen molar-refractivity contribution >= 4 is 5.78 Å². The highest BCUT2D eigenvalue weighted by Crippen LogP contribution is 1.95. The molecule has 66 valence electrons. The van der Waals surface area contributed by atoms with Crippen LogP contribution in [0.4, 0.5) is 0 Å². The van der Waals surface area contributed by atoms with Crippen LogP contribution in [0.5, 0.6) is 0 Å². The van der Waals surface area contributed by atoms with Crippen LogP contribution in [-0.2, 0) is 7.05 Å². The van der Waals surface area contributed by atoms with Gasteiger partial charge in [-0.2, -0.15) is 4.80 Å². The topological polar surface area (TPSA) is 86.7 Å². The van der Waals surface area contributed by atoms with E-state index in [4.69, 9.17) is 5.73 Å². The van der Waals surface area contributed by atoms with Gasteiger partial charge in [0, 0.05) is 12.5 Å². The van der Waals surface area contributed by atoms with Gasteiger partial charge in [-0.3, -0.25) is 4.79 Å². The SMILES string of the molecule is CC(N)CC(=O)c1nnn(C)n1. The van der Waals surface area contributed by atoms with Gasteiger partial charge in [-0.1, -0.05) is 0 Å². The third-order valence-electron chi connectivity index (χ3n) is 1.27. The number of aromatic nitrogens is 4. The molecule has 1 unspecified atom stereocenters. The molecule has 0 bridgehead atoms. The molecule has 1 atom stereocenters. The number of rotatable bonds is 3. The normalized spacial score (nSPS) is 12.9. The second-order valence-corrected chi connectivity index (χ2v) is 2.71. The average molecular weight is 169 g/mol. The number of ketones is 1. The van der Waals surface area contributed by atoms with Gasteiger partial charge in [-0.05, 0) is 12.1 Å². The molecule has 0 aliphatic heterocycles. The van der Waals surface area contributed by atoms with Crippen molar-refractivity contribution in [2.24, 2.45) is 12.8 Å². The number of tetrazole rings is 1. The summed E-state index contributed by atoms with van der Waals surface area (Å²) in [5.41, 5.74) is 5.43. The van der Waals surface area contributed by atoms with Crippen molar-refractivity contribution in [1.29, 1.82) is 0 Å². The molecular weight excluding hydrogens is 158 g/mol. The molecule has 12 heavy (non-hydrogen) atoms. The second-order valence-electron chi connectivity index (χ2n) is 2.71. The van der Waals surface area contributed by atoms with E-state index in [1.54, 1.807) is 14.0 Å². The van der Waals surface area contributed by atoms with E-state index in [1.807, 2.05) is 0 Å². The Balaban J connectivity index is 2.65. The van der Waals surface area contributed by atoms with Gasteiger partial charge in [0.15, 0.2) is 0 Å². The molecule has 0 radical (unpaired) electrons. The molecule has 0 fully saturated rings. The zero-order valence-corrected chi connectivity index (χ0v) is 7.06. The summed E-state index contributed by atoms with van der Waals surface area (Å²) in [5.74, 6) is -0.0344. The molecule has 0 spiro atoms. The number of hydrogen-bond acceptors (Lipinski definition) is 5. The number of hydrogen-bond donors (Lipinski definition) is 1. The first-order valence-corrected chi connectivity index (χ1v) is 3.62. The van der Waals surface area contributed by atoms with Crippen LogP contribution >= 0.6 is 0 Å². The summed E-state index contributed by atoms with van der Waals surface area (Å²) in [5, 5.41) is 10.9. The van der Waals surface area contributed by atoms with Gasteiger partial charge in [0.25, 0.3) is 0 Å². The summed E-state index contributed by atoms with van der Waals surface area (Å²) in [6.45, 7) is 1.76. The molecule has 6 heteroatoms. The van der Waals surface area contributed by atoms with Crippen LogP contribution in [0.15, 0.2) is 0 Å². The third kappa shape index (κ3) is 2.09. The first kappa shape index (κ1) is 8.79. The van der Waals surface area contributed by atoms with Crippen molar-refractivity contribution < 1.29 is 4.79 Å². The van der Waals surface area contributed by atoms with Gasteiger partial charge in [0.2, 0.25) is 11.6 Å². The fraction of sp³-hybridized carbons (Fsp3) is 0.667. The average Bonchev–Trinajstić information content (AvgIpc) is 2.34. The van der Waals surface area contributed by atoms with E-state index in [9.17, 15) is 4.79 Å². The third-order valence-corrected chi connectivity index (χ3v) is 1.27. The van der Waals surface area contributed by atoms with E-state index in [-0.39, 0.29) is 24.1 Å². The zero-order chi connectivity index (χ0) is 9.14. The predicted molar refractivity (Wildman–Crippen MR) is 41.4 cm³/mol. The number of Topliss-reactive ketones (excluding diaryl/α,β-unsaturated/α-hetero) is 1. The number of nitrogens with zero attached hydrogens (tertiary/aromatic N) is 4. The maximum atomic E-state index is 11.2. The van der Waals surface area contributed by atoms with Crippen LogP contribution in [0, 0.1) is 0 Å². The van der Waals surface area contributed by atoms with Crippen molar-refractivity contribution in [2.75, 3.05) is 0 Å². The molecule has 0 aliphatic carbocycles. The second kappa shape index (κ2) is 3.40. The van der Waals surface area contributed by atoms with Crippen molar-refractivity contribution in [3.8, 4) is 0 Å². The Kier molecular flexibility index (Phi) is 2.49. The molecule has 1 rings (SSSR count). The quantitative estimate of drug-likeness (QED) is 0.594. The highest BCUT2D eigenvalue weighted by Gasteiger charge is 2.13. The monoisotopic (exact) mass is 169 g/mol. The van der Waals surface area contributed by atoms with E-state index in [0.717, 1.165) is 0 Å². The first-order valence-electron chi connectivity index (χ1n) is 3.62. The molecule has 1 aromatic rings. The summed E-state index contributed by atoms with van der Waals surface area (Å²) < 4.78 is 0. The van der Waals surface area contributed by atoms with Gasteiger partial charge in [-0.15, -0.1) is 10.2 Å². The summed E-state index contributed by atoms with van der Waals surface area (Å²) in [4.78, 5) is 12.5. The number of aryl methyl sites for hydroxylation is 1. The van der Waals surface area contributed by atoms with E-state index < -0.39 is 0 Å². The predicted octanol–water partition coefficient (Wildman–Crippen LogP) is -0.870. The molecule has 0 amide bonds. The minimum atomic E-state index is -0.168. The lowest BCUT2D eigenvalue weighted by atomic mass is 10.2. The van der Waals surface area contributed by atoms with Crippen LogP contribution in [-0.4, -0.2) is 32.0 Å². The first-order chi connectivity index (χ1) is 5.59. The molecule has 0 aliphatic rings. The Morgan fingerprint density at radius 2 is 2.42 bits per heavy atom. The Hall–Kier alpha value is -1.30. The van der Waals surface area contributed by atoms with Crippen molar-refractivity contribution in [3.05, 3.63) is 5.82 Å². The lowest BCUT2D eigenvalue weighted by Crippen LogP contribution is -2.20. The van der Waals surface area contributed by atoms with E-state index in [2.05, 4.69) is 15.4 Å². The van der Waals surface area contributed by atoms with Crippen LogP contribution in [0.25, 0.3) is 0 Å².